The topological polar surface area (TPSA) is 240 Å². The zero-order valence-corrected chi connectivity index (χ0v) is 18.8. The number of unbranched alkanes of at least 4 members (excludes halogenated alkanes) is 1. The Morgan fingerprint density at radius 3 is 1.91 bits per heavy atom. The number of nitrogens with one attached hydrogen (secondary N) is 3. The molecule has 13 nitrogen and oxygen atoms in total. The zero-order chi connectivity index (χ0) is 24.8. The minimum Gasteiger partial charge on any atom is -0.480 e. The Labute approximate surface area is 191 Å². The van der Waals surface area contributed by atoms with Gasteiger partial charge in [0.15, 0.2) is 0 Å². The summed E-state index contributed by atoms with van der Waals surface area (Å²) < 4.78 is 0. The summed E-state index contributed by atoms with van der Waals surface area (Å²) in [5.74, 6) is -4.60. The molecule has 0 fully saturated rings. The van der Waals surface area contributed by atoms with E-state index in [0.717, 1.165) is 0 Å². The molecule has 0 radical (unpaired) electrons. The molecular weight excluding hydrogens is 444 g/mol. The normalized spacial score (nSPS) is 15.5. The van der Waals surface area contributed by atoms with Crippen LogP contribution in [0.2, 0.25) is 0 Å². The summed E-state index contributed by atoms with van der Waals surface area (Å²) >= 11 is 4.00. The van der Waals surface area contributed by atoms with Gasteiger partial charge in [-0.05, 0) is 39.2 Å². The number of carboxylic acids is 1. The summed E-state index contributed by atoms with van der Waals surface area (Å²) in [6, 6.07) is -5.01. The second-order valence-electron chi connectivity index (χ2n) is 7.26. The van der Waals surface area contributed by atoms with Gasteiger partial charge in [0.25, 0.3) is 0 Å². The molecule has 0 spiro atoms. The third-order valence-corrected chi connectivity index (χ3v) is 4.88. The maximum absolute atomic E-state index is 12.6. The van der Waals surface area contributed by atoms with Gasteiger partial charge in [0.1, 0.15) is 24.2 Å². The van der Waals surface area contributed by atoms with Crippen LogP contribution in [0.25, 0.3) is 0 Å². The molecule has 14 heteroatoms. The molecule has 0 bridgehead atoms. The maximum atomic E-state index is 12.6. The van der Waals surface area contributed by atoms with Crippen LogP contribution in [0, 0.1) is 0 Å². The number of rotatable bonds is 16. The third-order valence-electron chi connectivity index (χ3n) is 4.51. The van der Waals surface area contributed by atoms with Crippen molar-refractivity contribution < 1.29 is 34.2 Å². The first-order chi connectivity index (χ1) is 14.9. The highest BCUT2D eigenvalue weighted by Crippen LogP contribution is 2.05. The van der Waals surface area contributed by atoms with Gasteiger partial charge in [-0.1, -0.05) is 0 Å². The number of hydrogen-bond donors (Lipinski definition) is 9. The van der Waals surface area contributed by atoms with E-state index < -0.39 is 59.9 Å². The van der Waals surface area contributed by atoms with Gasteiger partial charge in [-0.2, -0.15) is 12.6 Å². The Kier molecular flexibility index (Phi) is 14.2. The lowest BCUT2D eigenvalue weighted by Gasteiger charge is -2.24. The van der Waals surface area contributed by atoms with Crippen LogP contribution >= 0.6 is 12.6 Å². The molecule has 0 aromatic heterocycles. The highest BCUT2D eigenvalue weighted by molar-refractivity contribution is 7.80. The van der Waals surface area contributed by atoms with Gasteiger partial charge in [0, 0.05) is 12.2 Å². The number of nitrogens with two attached hydrogens (primary N) is 3. The van der Waals surface area contributed by atoms with Crippen molar-refractivity contribution in [3.63, 3.8) is 0 Å². The van der Waals surface area contributed by atoms with E-state index in [1.807, 2.05) is 0 Å². The summed E-state index contributed by atoms with van der Waals surface area (Å²) in [7, 11) is 0. The highest BCUT2D eigenvalue weighted by Gasteiger charge is 2.30. The summed E-state index contributed by atoms with van der Waals surface area (Å²) in [5, 5.41) is 25.7. The Morgan fingerprint density at radius 1 is 0.906 bits per heavy atom. The van der Waals surface area contributed by atoms with Crippen LogP contribution in [0.5, 0.6) is 0 Å². The summed E-state index contributed by atoms with van der Waals surface area (Å²) in [5.41, 5.74) is 16.0. The molecule has 0 aliphatic carbocycles. The van der Waals surface area contributed by atoms with E-state index in [4.69, 9.17) is 17.2 Å². The van der Waals surface area contributed by atoms with E-state index in [0.29, 0.717) is 19.4 Å². The van der Waals surface area contributed by atoms with Gasteiger partial charge in [0.05, 0.1) is 6.10 Å². The van der Waals surface area contributed by atoms with Crippen molar-refractivity contribution in [1.82, 2.24) is 16.0 Å². The van der Waals surface area contributed by atoms with Crippen LogP contribution in [0.3, 0.4) is 0 Å². The summed E-state index contributed by atoms with van der Waals surface area (Å²) in [4.78, 5) is 59.8. The number of hydrogen-bond acceptors (Lipinski definition) is 9. The minimum absolute atomic E-state index is 0.126. The fraction of sp³-hybridized carbons (Fsp3) is 0.722. The molecule has 4 amide bonds. The number of carbonyl (C=O) groups is 5. The van der Waals surface area contributed by atoms with Crippen LogP contribution < -0.4 is 33.2 Å². The molecule has 0 rings (SSSR count). The van der Waals surface area contributed by atoms with Crippen molar-refractivity contribution in [2.75, 3.05) is 12.3 Å². The molecule has 11 N–H and O–H groups in total. The number of carbonyl (C=O) groups excluding carboxylic acids is 4. The first kappa shape index (κ1) is 29.6. The van der Waals surface area contributed by atoms with E-state index in [-0.39, 0.29) is 25.0 Å². The minimum atomic E-state index is -1.30. The lowest BCUT2D eigenvalue weighted by molar-refractivity contribution is -0.142. The molecule has 0 aliphatic heterocycles. The molecule has 0 saturated heterocycles. The van der Waals surface area contributed by atoms with Crippen molar-refractivity contribution in [2.45, 2.75) is 69.3 Å². The van der Waals surface area contributed by atoms with Gasteiger partial charge in [-0.3, -0.25) is 19.2 Å². The molecule has 5 unspecified atom stereocenters. The fourth-order valence-corrected chi connectivity index (χ4v) is 2.79. The Morgan fingerprint density at radius 2 is 1.44 bits per heavy atom. The Hall–Kier alpha value is -2.42. The number of amides is 4. The number of thiol groups is 1. The van der Waals surface area contributed by atoms with E-state index >= 15 is 0 Å². The summed E-state index contributed by atoms with van der Waals surface area (Å²) in [6.45, 7) is 1.67. The molecule has 184 valence electrons. The zero-order valence-electron chi connectivity index (χ0n) is 18.0. The monoisotopic (exact) mass is 478 g/mol. The average Bonchev–Trinajstić information content (AvgIpc) is 2.72. The van der Waals surface area contributed by atoms with E-state index in [1.165, 1.54) is 6.92 Å². The standard InChI is InChI=1S/C18H34N6O7S/c1-9(25)14(21)17(29)24-12(8-32)16(28)22-10(5-6-13(20)26)15(27)23-11(18(30)31)4-2-3-7-19/h9-12,14,25,32H,2-8,19,21H2,1H3,(H2,20,26)(H,22,28)(H,23,27)(H,24,29)(H,30,31). The molecule has 5 atom stereocenters. The molecule has 0 saturated carbocycles. The highest BCUT2D eigenvalue weighted by atomic mass is 32.1. The van der Waals surface area contributed by atoms with Crippen LogP contribution in [0.1, 0.15) is 39.0 Å². The quantitative estimate of drug-likeness (QED) is 0.0790. The van der Waals surface area contributed by atoms with Crippen molar-refractivity contribution in [1.29, 1.82) is 0 Å². The van der Waals surface area contributed by atoms with Gasteiger partial charge >= 0.3 is 5.97 Å². The number of aliphatic hydroxyl groups excluding tert-OH is 1. The van der Waals surface area contributed by atoms with Crippen LogP contribution in [0.4, 0.5) is 0 Å². The van der Waals surface area contributed by atoms with E-state index in [2.05, 4.69) is 28.6 Å². The molecule has 0 aromatic carbocycles. The smallest absolute Gasteiger partial charge is 0.326 e. The molecule has 0 heterocycles. The van der Waals surface area contributed by atoms with Crippen LogP contribution in [-0.2, 0) is 24.0 Å². The lowest BCUT2D eigenvalue weighted by Crippen LogP contribution is -2.58. The van der Waals surface area contributed by atoms with E-state index in [1.54, 1.807) is 0 Å². The van der Waals surface area contributed by atoms with Gasteiger partial charge in [-0.25, -0.2) is 4.79 Å². The van der Waals surface area contributed by atoms with Crippen molar-refractivity contribution in [3.05, 3.63) is 0 Å². The largest absolute Gasteiger partial charge is 0.480 e. The number of carboxylic acid groups (broad SMARTS) is 1. The predicted molar refractivity (Wildman–Crippen MR) is 118 cm³/mol. The maximum Gasteiger partial charge on any atom is 0.326 e. The molecule has 0 aromatic rings. The number of primary amides is 1. The summed E-state index contributed by atoms with van der Waals surface area (Å²) in [6.07, 6.45) is -0.458. The van der Waals surface area contributed by atoms with Crippen molar-refractivity contribution in [3.8, 4) is 0 Å². The van der Waals surface area contributed by atoms with Crippen LogP contribution in [-0.4, -0.2) is 82.4 Å². The van der Waals surface area contributed by atoms with Crippen molar-refractivity contribution >= 4 is 42.2 Å². The van der Waals surface area contributed by atoms with Crippen molar-refractivity contribution in [2.24, 2.45) is 17.2 Å². The lowest BCUT2D eigenvalue weighted by atomic mass is 10.1. The second-order valence-corrected chi connectivity index (χ2v) is 7.63. The SMILES string of the molecule is CC(O)C(N)C(=O)NC(CS)C(=O)NC(CCC(N)=O)C(=O)NC(CCCCN)C(=O)O. The van der Waals surface area contributed by atoms with Gasteiger partial charge in [-0.15, -0.1) is 0 Å². The third kappa shape index (κ3) is 11.3. The molecule has 0 aliphatic rings. The number of aliphatic carboxylic acids is 1. The second kappa shape index (κ2) is 15.4. The van der Waals surface area contributed by atoms with Gasteiger partial charge in [0.2, 0.25) is 23.6 Å². The van der Waals surface area contributed by atoms with E-state index in [9.17, 15) is 34.2 Å². The first-order valence-electron chi connectivity index (χ1n) is 10.1. The van der Waals surface area contributed by atoms with Crippen LogP contribution in [0.15, 0.2) is 0 Å². The fourth-order valence-electron chi connectivity index (χ4n) is 2.53. The molecule has 32 heavy (non-hydrogen) atoms. The molecular formula is C18H34N6O7S. The number of aliphatic hydroxyl groups is 1. The van der Waals surface area contributed by atoms with Gasteiger partial charge < -0.3 is 43.4 Å². The Bertz CT molecular complexity index is 664. The first-order valence-corrected chi connectivity index (χ1v) is 10.7. The predicted octanol–water partition coefficient (Wildman–Crippen LogP) is -3.44. The average molecular weight is 479 g/mol. The Balaban J connectivity index is 5.31.